The number of aromatic nitrogens is 3. The molecule has 2 heterocycles. The molecule has 0 saturated heterocycles. The van der Waals surface area contributed by atoms with Crippen LogP contribution in [-0.4, -0.2) is 14.6 Å². The van der Waals surface area contributed by atoms with Crippen molar-refractivity contribution in [3.05, 3.63) is 16.4 Å². The number of fused-ring (bicyclic) bond motifs is 1. The number of hydrogen-bond acceptors (Lipinski definition) is 4. The summed E-state index contributed by atoms with van der Waals surface area (Å²) in [6, 6.07) is 2.12. The second-order valence-corrected chi connectivity index (χ2v) is 4.14. The number of nitrogens with zero attached hydrogens (tertiary/aromatic N) is 4. The summed E-state index contributed by atoms with van der Waals surface area (Å²) < 4.78 is 1.64. The topological polar surface area (TPSA) is 54.0 Å². The van der Waals surface area contributed by atoms with Crippen molar-refractivity contribution in [3.8, 4) is 6.07 Å². The van der Waals surface area contributed by atoms with Gasteiger partial charge in [-0.2, -0.15) is 14.9 Å². The van der Waals surface area contributed by atoms with Gasteiger partial charge in [-0.05, 0) is 13.3 Å². The average molecular weight is 206 g/mol. The van der Waals surface area contributed by atoms with E-state index in [4.69, 9.17) is 5.26 Å². The van der Waals surface area contributed by atoms with Crippen molar-refractivity contribution in [1.82, 2.24) is 14.6 Å². The third kappa shape index (κ3) is 1.28. The molecule has 0 aliphatic rings. The molecule has 0 bridgehead atoms. The van der Waals surface area contributed by atoms with Crippen molar-refractivity contribution in [3.63, 3.8) is 0 Å². The third-order valence-corrected chi connectivity index (χ3v) is 2.96. The largest absolute Gasteiger partial charge is 0.221 e. The molecule has 0 unspecified atom stereocenters. The minimum atomic E-state index is 0.554. The number of hydrogen-bond donors (Lipinski definition) is 0. The van der Waals surface area contributed by atoms with Gasteiger partial charge in [0.15, 0.2) is 5.69 Å². The first kappa shape index (κ1) is 9.16. The molecule has 0 aliphatic carbocycles. The summed E-state index contributed by atoms with van der Waals surface area (Å²) in [5.41, 5.74) is 1.31. The molecule has 2 aromatic heterocycles. The summed E-state index contributed by atoms with van der Waals surface area (Å²) in [5, 5.41) is 14.3. The van der Waals surface area contributed by atoms with E-state index in [-0.39, 0.29) is 0 Å². The van der Waals surface area contributed by atoms with E-state index in [1.807, 2.05) is 6.92 Å². The van der Waals surface area contributed by atoms with E-state index < -0.39 is 0 Å². The highest BCUT2D eigenvalue weighted by Gasteiger charge is 2.12. The van der Waals surface area contributed by atoms with Gasteiger partial charge in [-0.15, -0.1) is 0 Å². The highest BCUT2D eigenvalue weighted by molar-refractivity contribution is 7.16. The van der Waals surface area contributed by atoms with E-state index in [2.05, 4.69) is 23.1 Å². The van der Waals surface area contributed by atoms with Crippen molar-refractivity contribution in [2.75, 3.05) is 0 Å². The Bertz CT molecular complexity index is 503. The normalized spacial score (nSPS) is 10.6. The summed E-state index contributed by atoms with van der Waals surface area (Å²) >= 11 is 1.56. The van der Waals surface area contributed by atoms with Gasteiger partial charge in [0.2, 0.25) is 4.96 Å². The predicted molar refractivity (Wildman–Crippen MR) is 54.3 cm³/mol. The molecule has 5 heteroatoms. The van der Waals surface area contributed by atoms with E-state index in [9.17, 15) is 0 Å². The van der Waals surface area contributed by atoms with Crippen molar-refractivity contribution < 1.29 is 0 Å². The molecular formula is C9H10N4S. The molecule has 14 heavy (non-hydrogen) atoms. The summed E-state index contributed by atoms with van der Waals surface area (Å²) in [7, 11) is 0. The van der Waals surface area contributed by atoms with Gasteiger partial charge in [-0.1, -0.05) is 18.3 Å². The fourth-order valence-electron chi connectivity index (χ4n) is 1.33. The smallest absolute Gasteiger partial charge is 0.213 e. The molecular weight excluding hydrogens is 196 g/mol. The van der Waals surface area contributed by atoms with Crippen molar-refractivity contribution in [2.45, 2.75) is 26.7 Å². The molecule has 0 aromatic carbocycles. The summed E-state index contributed by atoms with van der Waals surface area (Å²) in [6.45, 7) is 3.94. The van der Waals surface area contributed by atoms with Crippen LogP contribution < -0.4 is 0 Å². The third-order valence-electron chi connectivity index (χ3n) is 1.99. The van der Waals surface area contributed by atoms with Crippen molar-refractivity contribution in [1.29, 1.82) is 5.26 Å². The van der Waals surface area contributed by atoms with E-state index in [1.54, 1.807) is 15.9 Å². The maximum Gasteiger partial charge on any atom is 0.213 e. The molecule has 72 valence electrons. The van der Waals surface area contributed by atoms with Crippen LogP contribution in [0.25, 0.3) is 4.96 Å². The van der Waals surface area contributed by atoms with Crippen LogP contribution >= 0.6 is 11.3 Å². The first-order valence-corrected chi connectivity index (χ1v) is 5.33. The molecule has 0 amide bonds. The highest BCUT2D eigenvalue weighted by Crippen LogP contribution is 2.18. The van der Waals surface area contributed by atoms with Gasteiger partial charge in [0.25, 0.3) is 0 Å². The minimum absolute atomic E-state index is 0.554. The Kier molecular flexibility index (Phi) is 2.22. The first-order chi connectivity index (χ1) is 6.76. The standard InChI is InChI=1S/C9H10N4S/c1-3-4-8-12-13-7(5-10)6(2)11-9(13)14-8/h3-4H2,1-2H3. The molecule has 0 N–H and O–H groups in total. The van der Waals surface area contributed by atoms with E-state index in [0.717, 1.165) is 28.5 Å². The number of rotatable bonds is 2. The monoisotopic (exact) mass is 206 g/mol. The molecule has 2 aromatic rings. The second kappa shape index (κ2) is 3.39. The summed E-state index contributed by atoms with van der Waals surface area (Å²) in [6.07, 6.45) is 2.02. The van der Waals surface area contributed by atoms with Crippen LogP contribution in [0, 0.1) is 18.3 Å². The van der Waals surface area contributed by atoms with Crippen molar-refractivity contribution >= 4 is 16.3 Å². The molecule has 0 saturated carbocycles. The van der Waals surface area contributed by atoms with Crippen LogP contribution in [0.4, 0.5) is 0 Å². The van der Waals surface area contributed by atoms with Gasteiger partial charge in [0.05, 0.1) is 5.69 Å². The summed E-state index contributed by atoms with van der Waals surface area (Å²) in [5.74, 6) is 0. The predicted octanol–water partition coefficient (Wildman–Crippen LogP) is 1.92. The Labute approximate surface area is 85.8 Å². The Balaban J connectivity index is 2.58. The maximum absolute atomic E-state index is 8.90. The van der Waals surface area contributed by atoms with Gasteiger partial charge >= 0.3 is 0 Å². The zero-order valence-electron chi connectivity index (χ0n) is 8.11. The number of nitriles is 1. The molecule has 0 spiro atoms. The molecule has 0 atom stereocenters. The zero-order chi connectivity index (χ0) is 10.1. The van der Waals surface area contributed by atoms with Gasteiger partial charge in [-0.3, -0.25) is 0 Å². The molecule has 0 radical (unpaired) electrons. The fourth-order valence-corrected chi connectivity index (χ4v) is 2.37. The minimum Gasteiger partial charge on any atom is -0.221 e. The van der Waals surface area contributed by atoms with E-state index >= 15 is 0 Å². The number of aryl methyl sites for hydroxylation is 2. The Morgan fingerprint density at radius 2 is 2.36 bits per heavy atom. The lowest BCUT2D eigenvalue weighted by atomic mass is 10.4. The highest BCUT2D eigenvalue weighted by atomic mass is 32.1. The lowest BCUT2D eigenvalue weighted by Crippen LogP contribution is -1.91. The lowest BCUT2D eigenvalue weighted by Gasteiger charge is -1.87. The lowest BCUT2D eigenvalue weighted by molar-refractivity contribution is 0.842. The van der Waals surface area contributed by atoms with Gasteiger partial charge in [0.1, 0.15) is 11.1 Å². The molecule has 0 aliphatic heterocycles. The SMILES string of the molecule is CCCc1nn2c(C#N)c(C)nc2s1. The van der Waals surface area contributed by atoms with Crippen LogP contribution in [0.3, 0.4) is 0 Å². The van der Waals surface area contributed by atoms with Crippen LogP contribution in [-0.2, 0) is 6.42 Å². The van der Waals surface area contributed by atoms with Gasteiger partial charge in [0, 0.05) is 6.42 Å². The maximum atomic E-state index is 8.90. The fraction of sp³-hybridized carbons (Fsp3) is 0.444. The molecule has 2 rings (SSSR count). The van der Waals surface area contributed by atoms with Crippen LogP contribution in [0.15, 0.2) is 0 Å². The van der Waals surface area contributed by atoms with E-state index in [0.29, 0.717) is 5.69 Å². The van der Waals surface area contributed by atoms with Crippen molar-refractivity contribution in [2.24, 2.45) is 0 Å². The van der Waals surface area contributed by atoms with Crippen LogP contribution in [0.1, 0.15) is 29.7 Å². The van der Waals surface area contributed by atoms with Gasteiger partial charge in [-0.25, -0.2) is 4.98 Å². The Morgan fingerprint density at radius 3 is 3.00 bits per heavy atom. The van der Waals surface area contributed by atoms with Crippen LogP contribution in [0.5, 0.6) is 0 Å². The Morgan fingerprint density at radius 1 is 1.57 bits per heavy atom. The quantitative estimate of drug-likeness (QED) is 0.754. The molecule has 0 fully saturated rings. The van der Waals surface area contributed by atoms with Gasteiger partial charge < -0.3 is 0 Å². The average Bonchev–Trinajstić information content (AvgIpc) is 2.61. The van der Waals surface area contributed by atoms with Crippen LogP contribution in [0.2, 0.25) is 0 Å². The Hall–Kier alpha value is -1.41. The molecule has 4 nitrogen and oxygen atoms in total. The second-order valence-electron chi connectivity index (χ2n) is 3.10. The van der Waals surface area contributed by atoms with E-state index in [1.165, 1.54) is 0 Å². The first-order valence-electron chi connectivity index (χ1n) is 4.51. The zero-order valence-corrected chi connectivity index (χ0v) is 8.93. The summed E-state index contributed by atoms with van der Waals surface area (Å²) in [4.78, 5) is 5.11. The number of imidazole rings is 1.